The summed E-state index contributed by atoms with van der Waals surface area (Å²) in [7, 11) is 0. The van der Waals surface area contributed by atoms with Crippen LogP contribution < -0.4 is 0 Å². The number of fused-ring (bicyclic) bond motifs is 1. The molecule has 74 valence electrons. The molecule has 0 saturated heterocycles. The summed E-state index contributed by atoms with van der Waals surface area (Å²) >= 11 is 6.93. The average molecular weight is 227 g/mol. The van der Waals surface area contributed by atoms with Crippen molar-refractivity contribution in [2.45, 2.75) is 13.8 Å². The van der Waals surface area contributed by atoms with E-state index in [9.17, 15) is 4.79 Å². The lowest BCUT2D eigenvalue weighted by Gasteiger charge is -1.89. The summed E-state index contributed by atoms with van der Waals surface area (Å²) in [5.41, 5.74) is 0.609. The Kier molecular flexibility index (Phi) is 4.11. The molecular weight excluding hydrogens is 216 g/mol. The molecule has 1 heterocycles. The molecule has 2 rings (SSSR count). The van der Waals surface area contributed by atoms with E-state index in [0.717, 1.165) is 10.1 Å². The topological polar surface area (TPSA) is 17.1 Å². The van der Waals surface area contributed by atoms with Gasteiger partial charge in [-0.3, -0.25) is 4.79 Å². The van der Waals surface area contributed by atoms with Crippen LogP contribution >= 0.6 is 22.9 Å². The molecule has 0 bridgehead atoms. The van der Waals surface area contributed by atoms with Crippen LogP contribution in [-0.4, -0.2) is 5.24 Å². The minimum Gasteiger partial charge on any atom is -0.276 e. The summed E-state index contributed by atoms with van der Waals surface area (Å²) in [4.78, 5) is 10.9. The van der Waals surface area contributed by atoms with Crippen molar-refractivity contribution in [1.82, 2.24) is 0 Å². The van der Waals surface area contributed by atoms with E-state index >= 15 is 0 Å². The standard InChI is InChI=1S/C9H5ClOS.C2H6/c10-9(11)7-5-12-8-4-2-1-3-6(7)8;1-2/h1-5H;1-2H3. The fourth-order valence-electron chi connectivity index (χ4n) is 1.13. The molecule has 0 aliphatic heterocycles. The molecule has 1 aromatic carbocycles. The summed E-state index contributed by atoms with van der Waals surface area (Å²) in [6.07, 6.45) is 0. The van der Waals surface area contributed by atoms with Crippen LogP contribution in [0.15, 0.2) is 29.6 Å². The first-order valence-electron chi connectivity index (χ1n) is 4.45. The van der Waals surface area contributed by atoms with E-state index in [1.165, 1.54) is 11.3 Å². The van der Waals surface area contributed by atoms with E-state index in [1.807, 2.05) is 38.1 Å². The highest BCUT2D eigenvalue weighted by Gasteiger charge is 2.07. The van der Waals surface area contributed by atoms with Gasteiger partial charge in [0.05, 0.1) is 5.56 Å². The summed E-state index contributed by atoms with van der Waals surface area (Å²) in [6, 6.07) is 7.73. The van der Waals surface area contributed by atoms with Crippen molar-refractivity contribution in [1.29, 1.82) is 0 Å². The summed E-state index contributed by atoms with van der Waals surface area (Å²) in [5.74, 6) is 0. The van der Waals surface area contributed by atoms with Gasteiger partial charge in [0, 0.05) is 15.5 Å². The Labute approximate surface area is 92.3 Å². The first-order valence-corrected chi connectivity index (χ1v) is 5.71. The van der Waals surface area contributed by atoms with E-state index in [4.69, 9.17) is 11.6 Å². The van der Waals surface area contributed by atoms with Crippen LogP contribution in [0.4, 0.5) is 0 Å². The molecule has 2 aromatic rings. The smallest absolute Gasteiger partial charge is 0.253 e. The average Bonchev–Trinajstić information content (AvgIpc) is 2.64. The van der Waals surface area contributed by atoms with Gasteiger partial charge in [-0.2, -0.15) is 0 Å². The van der Waals surface area contributed by atoms with E-state index < -0.39 is 0 Å². The number of hydrogen-bond acceptors (Lipinski definition) is 2. The Morgan fingerprint density at radius 3 is 2.57 bits per heavy atom. The lowest BCUT2D eigenvalue weighted by Crippen LogP contribution is -1.83. The maximum Gasteiger partial charge on any atom is 0.253 e. The second-order valence-electron chi connectivity index (χ2n) is 2.42. The van der Waals surface area contributed by atoms with Gasteiger partial charge in [0.2, 0.25) is 0 Å². The summed E-state index contributed by atoms with van der Waals surface area (Å²) in [6.45, 7) is 4.00. The van der Waals surface area contributed by atoms with Crippen LogP contribution in [0.1, 0.15) is 24.2 Å². The van der Waals surface area contributed by atoms with Crippen LogP contribution in [0.25, 0.3) is 10.1 Å². The largest absolute Gasteiger partial charge is 0.276 e. The van der Waals surface area contributed by atoms with Crippen molar-refractivity contribution >= 4 is 38.3 Å². The maximum absolute atomic E-state index is 10.9. The first-order chi connectivity index (χ1) is 6.79. The van der Waals surface area contributed by atoms with Crippen molar-refractivity contribution in [3.05, 3.63) is 35.2 Å². The van der Waals surface area contributed by atoms with E-state index in [1.54, 1.807) is 5.38 Å². The fraction of sp³-hybridized carbons (Fsp3) is 0.182. The lowest BCUT2D eigenvalue weighted by atomic mass is 10.2. The van der Waals surface area contributed by atoms with Crippen LogP contribution in [0.3, 0.4) is 0 Å². The van der Waals surface area contributed by atoms with Crippen molar-refractivity contribution in [3.63, 3.8) is 0 Å². The van der Waals surface area contributed by atoms with Crippen LogP contribution in [0.2, 0.25) is 0 Å². The molecule has 0 atom stereocenters. The number of benzene rings is 1. The second kappa shape index (κ2) is 5.13. The van der Waals surface area contributed by atoms with Gasteiger partial charge in [-0.05, 0) is 17.7 Å². The first kappa shape index (κ1) is 11.2. The maximum atomic E-state index is 10.9. The van der Waals surface area contributed by atoms with Gasteiger partial charge in [-0.25, -0.2) is 0 Å². The highest BCUT2D eigenvalue weighted by Crippen LogP contribution is 2.26. The Bertz CT molecular complexity index is 434. The molecular formula is C11H11ClOS. The monoisotopic (exact) mass is 226 g/mol. The number of hydrogen-bond donors (Lipinski definition) is 0. The predicted octanol–water partition coefficient (Wildman–Crippen LogP) is 4.31. The fourth-order valence-corrected chi connectivity index (χ4v) is 2.29. The third-order valence-corrected chi connectivity index (χ3v) is 2.86. The predicted molar refractivity (Wildman–Crippen MR) is 63.4 cm³/mol. The van der Waals surface area contributed by atoms with Gasteiger partial charge in [0.15, 0.2) is 0 Å². The molecule has 0 unspecified atom stereocenters. The van der Waals surface area contributed by atoms with E-state index in [-0.39, 0.29) is 5.24 Å². The van der Waals surface area contributed by atoms with Gasteiger partial charge in [0.1, 0.15) is 0 Å². The third kappa shape index (κ3) is 2.14. The Morgan fingerprint density at radius 1 is 1.29 bits per heavy atom. The molecule has 0 radical (unpaired) electrons. The van der Waals surface area contributed by atoms with Crippen LogP contribution in [-0.2, 0) is 0 Å². The Morgan fingerprint density at radius 2 is 1.93 bits per heavy atom. The van der Waals surface area contributed by atoms with Crippen molar-refractivity contribution in [3.8, 4) is 0 Å². The molecule has 0 aliphatic rings. The summed E-state index contributed by atoms with van der Waals surface area (Å²) < 4.78 is 1.10. The lowest BCUT2D eigenvalue weighted by molar-refractivity contribution is 0.108. The zero-order valence-electron chi connectivity index (χ0n) is 8.08. The quantitative estimate of drug-likeness (QED) is 0.663. The molecule has 0 fully saturated rings. The van der Waals surface area contributed by atoms with Crippen LogP contribution in [0.5, 0.6) is 0 Å². The summed E-state index contributed by atoms with van der Waals surface area (Å²) in [5, 5.41) is 2.36. The van der Waals surface area contributed by atoms with Gasteiger partial charge < -0.3 is 0 Å². The number of carbonyl (C=O) groups is 1. The number of rotatable bonds is 1. The molecule has 0 aliphatic carbocycles. The second-order valence-corrected chi connectivity index (χ2v) is 3.67. The zero-order chi connectivity index (χ0) is 10.6. The van der Waals surface area contributed by atoms with E-state index in [2.05, 4.69) is 0 Å². The third-order valence-electron chi connectivity index (χ3n) is 1.69. The normalized spacial score (nSPS) is 9.36. The highest BCUT2D eigenvalue weighted by atomic mass is 35.5. The van der Waals surface area contributed by atoms with Crippen molar-refractivity contribution in [2.75, 3.05) is 0 Å². The molecule has 0 amide bonds. The Balaban J connectivity index is 0.000000461. The minimum absolute atomic E-state index is 0.382. The number of halogens is 1. The number of carbonyl (C=O) groups excluding carboxylic acids is 1. The highest BCUT2D eigenvalue weighted by molar-refractivity contribution is 7.17. The zero-order valence-corrected chi connectivity index (χ0v) is 9.65. The van der Waals surface area contributed by atoms with Crippen LogP contribution in [0, 0.1) is 0 Å². The van der Waals surface area contributed by atoms with Crippen molar-refractivity contribution in [2.24, 2.45) is 0 Å². The molecule has 1 nitrogen and oxygen atoms in total. The van der Waals surface area contributed by atoms with Gasteiger partial charge in [-0.1, -0.05) is 32.0 Å². The molecule has 0 saturated carbocycles. The SMILES string of the molecule is CC.O=C(Cl)c1csc2ccccc12. The van der Waals surface area contributed by atoms with Gasteiger partial charge in [-0.15, -0.1) is 11.3 Å². The minimum atomic E-state index is -0.382. The van der Waals surface area contributed by atoms with Crippen molar-refractivity contribution < 1.29 is 4.79 Å². The Hall–Kier alpha value is -0.860. The molecule has 0 spiro atoms. The molecule has 3 heteroatoms. The molecule has 0 N–H and O–H groups in total. The van der Waals surface area contributed by atoms with Gasteiger partial charge in [0.25, 0.3) is 5.24 Å². The molecule has 1 aromatic heterocycles. The number of thiophene rings is 1. The molecule has 14 heavy (non-hydrogen) atoms. The van der Waals surface area contributed by atoms with Gasteiger partial charge >= 0.3 is 0 Å². The van der Waals surface area contributed by atoms with E-state index in [0.29, 0.717) is 5.56 Å².